The van der Waals surface area contributed by atoms with Gasteiger partial charge in [-0.3, -0.25) is 4.79 Å². The average molecular weight is 187 g/mol. The standard InChI is InChI=1S/C10H21NO2/c1-4-8(2)7-10(13)11-6-5-9(3)12/h8-9,12H,4-7H2,1-3H3,(H,11,13). The molecule has 13 heavy (non-hydrogen) atoms. The van der Waals surface area contributed by atoms with Crippen molar-refractivity contribution in [3.05, 3.63) is 0 Å². The number of aliphatic hydroxyl groups excluding tert-OH is 1. The lowest BCUT2D eigenvalue weighted by atomic mass is 10.1. The lowest BCUT2D eigenvalue weighted by molar-refractivity contribution is -0.121. The zero-order valence-corrected chi connectivity index (χ0v) is 8.84. The van der Waals surface area contributed by atoms with Crippen LogP contribution in [0, 0.1) is 5.92 Å². The van der Waals surface area contributed by atoms with Crippen LogP contribution in [-0.2, 0) is 4.79 Å². The largest absolute Gasteiger partial charge is 0.393 e. The number of carbonyl (C=O) groups excluding carboxylic acids is 1. The summed E-state index contributed by atoms with van der Waals surface area (Å²) in [7, 11) is 0. The lowest BCUT2D eigenvalue weighted by Gasteiger charge is -2.09. The molecule has 0 aromatic carbocycles. The molecule has 1 amide bonds. The summed E-state index contributed by atoms with van der Waals surface area (Å²) in [5.74, 6) is 0.543. The smallest absolute Gasteiger partial charge is 0.220 e. The van der Waals surface area contributed by atoms with E-state index < -0.39 is 0 Å². The van der Waals surface area contributed by atoms with E-state index in [-0.39, 0.29) is 12.0 Å². The molecule has 2 atom stereocenters. The summed E-state index contributed by atoms with van der Waals surface area (Å²) < 4.78 is 0. The molecule has 0 saturated carbocycles. The molecule has 0 heterocycles. The maximum Gasteiger partial charge on any atom is 0.220 e. The van der Waals surface area contributed by atoms with Crippen molar-refractivity contribution in [2.75, 3.05) is 6.54 Å². The Morgan fingerprint density at radius 1 is 1.46 bits per heavy atom. The van der Waals surface area contributed by atoms with Crippen LogP contribution in [0.2, 0.25) is 0 Å². The zero-order valence-electron chi connectivity index (χ0n) is 8.84. The highest BCUT2D eigenvalue weighted by Gasteiger charge is 2.06. The molecule has 78 valence electrons. The topological polar surface area (TPSA) is 49.3 Å². The van der Waals surface area contributed by atoms with Gasteiger partial charge in [0.05, 0.1) is 6.10 Å². The van der Waals surface area contributed by atoms with Gasteiger partial charge < -0.3 is 10.4 Å². The first-order valence-electron chi connectivity index (χ1n) is 5.01. The minimum Gasteiger partial charge on any atom is -0.393 e. The molecule has 3 heteroatoms. The van der Waals surface area contributed by atoms with Crippen LogP contribution in [0.1, 0.15) is 40.0 Å². The summed E-state index contributed by atoms with van der Waals surface area (Å²) in [5.41, 5.74) is 0. The van der Waals surface area contributed by atoms with E-state index in [1.807, 2.05) is 0 Å². The zero-order chi connectivity index (χ0) is 10.3. The van der Waals surface area contributed by atoms with Crippen molar-refractivity contribution < 1.29 is 9.90 Å². The Morgan fingerprint density at radius 3 is 2.54 bits per heavy atom. The highest BCUT2D eigenvalue weighted by Crippen LogP contribution is 2.05. The molecule has 2 N–H and O–H groups in total. The first-order chi connectivity index (χ1) is 6.06. The number of rotatable bonds is 6. The maximum absolute atomic E-state index is 11.2. The molecular weight excluding hydrogens is 166 g/mol. The van der Waals surface area contributed by atoms with Gasteiger partial charge in [-0.05, 0) is 19.3 Å². The molecule has 2 unspecified atom stereocenters. The van der Waals surface area contributed by atoms with Crippen molar-refractivity contribution in [1.29, 1.82) is 0 Å². The molecular formula is C10H21NO2. The van der Waals surface area contributed by atoms with Gasteiger partial charge in [0, 0.05) is 13.0 Å². The third-order valence-corrected chi connectivity index (χ3v) is 2.12. The molecule has 0 spiro atoms. The van der Waals surface area contributed by atoms with Crippen LogP contribution in [0.25, 0.3) is 0 Å². The first kappa shape index (κ1) is 12.4. The molecule has 0 aromatic rings. The van der Waals surface area contributed by atoms with Crippen LogP contribution in [0.15, 0.2) is 0 Å². The van der Waals surface area contributed by atoms with E-state index >= 15 is 0 Å². The van der Waals surface area contributed by atoms with Crippen LogP contribution in [-0.4, -0.2) is 23.7 Å². The predicted molar refractivity (Wildman–Crippen MR) is 53.4 cm³/mol. The molecule has 0 radical (unpaired) electrons. The highest BCUT2D eigenvalue weighted by molar-refractivity contribution is 5.76. The van der Waals surface area contributed by atoms with Crippen LogP contribution in [0.4, 0.5) is 0 Å². The van der Waals surface area contributed by atoms with Crippen LogP contribution in [0.3, 0.4) is 0 Å². The van der Waals surface area contributed by atoms with E-state index in [0.29, 0.717) is 25.3 Å². The number of hydrogen-bond donors (Lipinski definition) is 2. The lowest BCUT2D eigenvalue weighted by Crippen LogP contribution is -2.27. The summed E-state index contributed by atoms with van der Waals surface area (Å²) >= 11 is 0. The van der Waals surface area contributed by atoms with Crippen LogP contribution < -0.4 is 5.32 Å². The first-order valence-corrected chi connectivity index (χ1v) is 5.01. The Bertz CT molecular complexity index is 146. The van der Waals surface area contributed by atoms with Gasteiger partial charge in [0.1, 0.15) is 0 Å². The Kier molecular flexibility index (Phi) is 6.59. The molecule has 0 bridgehead atoms. The summed E-state index contributed by atoms with van der Waals surface area (Å²) in [6.45, 7) is 6.44. The fourth-order valence-electron chi connectivity index (χ4n) is 0.953. The van der Waals surface area contributed by atoms with Crippen molar-refractivity contribution >= 4 is 5.91 Å². The van der Waals surface area contributed by atoms with Gasteiger partial charge in [0.25, 0.3) is 0 Å². The molecule has 0 fully saturated rings. The van der Waals surface area contributed by atoms with Crippen molar-refractivity contribution in [1.82, 2.24) is 5.32 Å². The van der Waals surface area contributed by atoms with Gasteiger partial charge in [0.15, 0.2) is 0 Å². The second kappa shape index (κ2) is 6.89. The van der Waals surface area contributed by atoms with Crippen LogP contribution >= 0.6 is 0 Å². The highest BCUT2D eigenvalue weighted by atomic mass is 16.3. The quantitative estimate of drug-likeness (QED) is 0.658. The molecule has 0 aliphatic heterocycles. The Balaban J connectivity index is 3.41. The normalized spacial score (nSPS) is 15.1. The fraction of sp³-hybridized carbons (Fsp3) is 0.900. The minimum atomic E-state index is -0.330. The summed E-state index contributed by atoms with van der Waals surface area (Å²) in [4.78, 5) is 11.2. The van der Waals surface area contributed by atoms with Crippen molar-refractivity contribution in [2.45, 2.75) is 46.1 Å². The number of amides is 1. The number of nitrogens with one attached hydrogen (secondary N) is 1. The van der Waals surface area contributed by atoms with E-state index in [2.05, 4.69) is 19.2 Å². The van der Waals surface area contributed by atoms with Crippen molar-refractivity contribution in [3.8, 4) is 0 Å². The minimum absolute atomic E-state index is 0.0926. The van der Waals surface area contributed by atoms with Gasteiger partial charge in [-0.1, -0.05) is 20.3 Å². The second-order valence-electron chi connectivity index (χ2n) is 3.71. The van der Waals surface area contributed by atoms with Crippen molar-refractivity contribution in [3.63, 3.8) is 0 Å². The average Bonchev–Trinajstić information content (AvgIpc) is 2.03. The van der Waals surface area contributed by atoms with Gasteiger partial charge in [-0.2, -0.15) is 0 Å². The second-order valence-corrected chi connectivity index (χ2v) is 3.71. The fourth-order valence-corrected chi connectivity index (χ4v) is 0.953. The van der Waals surface area contributed by atoms with E-state index in [0.717, 1.165) is 6.42 Å². The maximum atomic E-state index is 11.2. The van der Waals surface area contributed by atoms with Crippen molar-refractivity contribution in [2.24, 2.45) is 5.92 Å². The molecule has 0 rings (SSSR count). The third kappa shape index (κ3) is 7.78. The Labute approximate surface area is 80.5 Å². The molecule has 0 saturated heterocycles. The molecule has 0 aromatic heterocycles. The van der Waals surface area contributed by atoms with Crippen LogP contribution in [0.5, 0.6) is 0 Å². The van der Waals surface area contributed by atoms with Gasteiger partial charge in [0.2, 0.25) is 5.91 Å². The van der Waals surface area contributed by atoms with Gasteiger partial charge >= 0.3 is 0 Å². The van der Waals surface area contributed by atoms with E-state index in [9.17, 15) is 4.79 Å². The monoisotopic (exact) mass is 187 g/mol. The van der Waals surface area contributed by atoms with E-state index in [1.165, 1.54) is 0 Å². The SMILES string of the molecule is CCC(C)CC(=O)NCCC(C)O. The Morgan fingerprint density at radius 2 is 2.08 bits per heavy atom. The molecule has 3 nitrogen and oxygen atoms in total. The number of carbonyl (C=O) groups is 1. The third-order valence-electron chi connectivity index (χ3n) is 2.12. The Hall–Kier alpha value is -0.570. The summed E-state index contributed by atoms with van der Waals surface area (Å²) in [5, 5.41) is 11.7. The number of aliphatic hydroxyl groups is 1. The molecule has 0 aliphatic rings. The van der Waals surface area contributed by atoms with Gasteiger partial charge in [-0.15, -0.1) is 0 Å². The number of hydrogen-bond acceptors (Lipinski definition) is 2. The van der Waals surface area contributed by atoms with Gasteiger partial charge in [-0.25, -0.2) is 0 Å². The molecule has 0 aliphatic carbocycles. The predicted octanol–water partition coefficient (Wildman–Crippen LogP) is 1.31. The summed E-state index contributed by atoms with van der Waals surface area (Å²) in [6.07, 6.45) is 1.93. The summed E-state index contributed by atoms with van der Waals surface area (Å²) in [6, 6.07) is 0. The van der Waals surface area contributed by atoms with E-state index in [1.54, 1.807) is 6.92 Å². The van der Waals surface area contributed by atoms with E-state index in [4.69, 9.17) is 5.11 Å².